The van der Waals surface area contributed by atoms with Crippen molar-refractivity contribution in [2.75, 3.05) is 32.8 Å². The van der Waals surface area contributed by atoms with Gasteiger partial charge in [0, 0.05) is 62.6 Å². The maximum absolute atomic E-state index is 13.8. The van der Waals surface area contributed by atoms with Crippen LogP contribution in [0.3, 0.4) is 0 Å². The maximum atomic E-state index is 13.8. The Bertz CT molecular complexity index is 1320. The molecule has 3 aromatic rings. The second-order valence-electron chi connectivity index (χ2n) is 11.1. The normalized spacial score (nSPS) is 21.0. The fraction of sp³-hybridized carbons (Fsp3) is 0.406. The van der Waals surface area contributed by atoms with Crippen molar-refractivity contribution in [1.29, 1.82) is 0 Å². The first-order valence-corrected chi connectivity index (χ1v) is 15.3. The van der Waals surface area contributed by atoms with Gasteiger partial charge in [-0.2, -0.15) is 0 Å². The predicted molar refractivity (Wildman–Crippen MR) is 157 cm³/mol. The fourth-order valence-electron chi connectivity index (χ4n) is 6.25. The number of carbonyl (C=O) groups is 2. The minimum absolute atomic E-state index is 0.0951. The quantitative estimate of drug-likeness (QED) is 0.379. The van der Waals surface area contributed by atoms with Gasteiger partial charge in [0.2, 0.25) is 0 Å². The van der Waals surface area contributed by atoms with E-state index in [4.69, 9.17) is 9.84 Å². The first-order chi connectivity index (χ1) is 20.0. The highest BCUT2D eigenvalue weighted by Crippen LogP contribution is 2.37. The van der Waals surface area contributed by atoms with E-state index in [1.807, 2.05) is 30.5 Å². The molecule has 9 heteroatoms. The first-order valence-electron chi connectivity index (χ1n) is 14.5. The van der Waals surface area contributed by atoms with Crippen LogP contribution in [0.1, 0.15) is 53.2 Å². The molecule has 0 radical (unpaired) electrons. The second-order valence-corrected chi connectivity index (χ2v) is 12.1. The number of amides is 2. The van der Waals surface area contributed by atoms with Crippen molar-refractivity contribution in [3.05, 3.63) is 89.6 Å². The number of benzene rings is 2. The molecule has 1 atom stereocenters. The Morgan fingerprint density at radius 1 is 0.927 bits per heavy atom. The van der Waals surface area contributed by atoms with Crippen molar-refractivity contribution in [2.45, 2.75) is 60.3 Å². The Hall–Kier alpha value is -3.40. The minimum atomic E-state index is -0.923. The number of carboxylic acids is 1. The van der Waals surface area contributed by atoms with Gasteiger partial charge in [-0.15, -0.1) is 0 Å². The molecule has 2 aromatic carbocycles. The summed E-state index contributed by atoms with van der Waals surface area (Å²) in [6, 6.07) is 22.3. The number of hydrogen-bond donors (Lipinski definition) is 1. The molecule has 6 rings (SSSR count). The Labute approximate surface area is 245 Å². The van der Waals surface area contributed by atoms with Gasteiger partial charge < -0.3 is 19.6 Å². The second kappa shape index (κ2) is 12.6. The van der Waals surface area contributed by atoms with Gasteiger partial charge in [-0.3, -0.25) is 4.90 Å². The van der Waals surface area contributed by atoms with Crippen LogP contribution in [-0.4, -0.2) is 81.7 Å². The van der Waals surface area contributed by atoms with Crippen LogP contribution in [0.4, 0.5) is 4.79 Å². The molecule has 0 saturated carbocycles. The number of hydrogen-bond acceptors (Lipinski definition) is 6. The Balaban J connectivity index is 1.06. The molecule has 1 aromatic heterocycles. The van der Waals surface area contributed by atoms with Crippen LogP contribution in [0.25, 0.3) is 0 Å². The molecule has 0 bridgehead atoms. The van der Waals surface area contributed by atoms with Gasteiger partial charge in [-0.05, 0) is 67.1 Å². The third kappa shape index (κ3) is 6.42. The van der Waals surface area contributed by atoms with Crippen LogP contribution in [0.5, 0.6) is 0 Å². The van der Waals surface area contributed by atoms with Crippen molar-refractivity contribution in [3.63, 3.8) is 0 Å². The molecule has 3 aliphatic rings. The number of aromatic nitrogens is 1. The summed E-state index contributed by atoms with van der Waals surface area (Å²) < 4.78 is 5.57. The van der Waals surface area contributed by atoms with E-state index in [0.717, 1.165) is 75.0 Å². The molecule has 214 valence electrons. The largest absolute Gasteiger partial charge is 0.478 e. The number of carboxylic acid groups (broad SMARTS) is 1. The highest BCUT2D eigenvalue weighted by Gasteiger charge is 2.45. The van der Waals surface area contributed by atoms with Crippen molar-refractivity contribution in [2.24, 2.45) is 0 Å². The van der Waals surface area contributed by atoms with Crippen LogP contribution in [0, 0.1) is 0 Å². The van der Waals surface area contributed by atoms with Crippen molar-refractivity contribution >= 4 is 23.8 Å². The maximum Gasteiger partial charge on any atom is 0.335 e. The molecule has 0 aliphatic carbocycles. The van der Waals surface area contributed by atoms with Gasteiger partial charge in [0.25, 0.3) is 0 Å². The van der Waals surface area contributed by atoms with E-state index in [1.54, 1.807) is 12.1 Å². The lowest BCUT2D eigenvalue weighted by Crippen LogP contribution is -2.48. The zero-order valence-electron chi connectivity index (χ0n) is 23.1. The van der Waals surface area contributed by atoms with Crippen LogP contribution in [-0.2, 0) is 11.3 Å². The smallest absolute Gasteiger partial charge is 0.335 e. The molecule has 3 aliphatic heterocycles. The van der Waals surface area contributed by atoms with E-state index in [1.165, 1.54) is 22.9 Å². The monoisotopic (exact) mass is 572 g/mol. The standard InChI is InChI=1S/C32H36N4O4S/c37-31(38)25-7-9-28(10-8-25)41-30-11-6-23(20-33-30)21-34-16-12-27(13-17-34)36-29(24-4-2-1-3-5-24)22-35(32(36)39)26-14-18-40-19-15-26/h1-11,20,26-27,29H,12-19,21-22H2,(H,37,38)/t29-/m0/s1. The molecular weight excluding hydrogens is 536 g/mol. The van der Waals surface area contributed by atoms with Crippen molar-refractivity contribution in [3.8, 4) is 0 Å². The average Bonchev–Trinajstić information content (AvgIpc) is 3.36. The van der Waals surface area contributed by atoms with E-state index in [-0.39, 0.29) is 29.7 Å². The lowest BCUT2D eigenvalue weighted by atomic mass is 9.99. The number of ether oxygens (including phenoxy) is 1. The van der Waals surface area contributed by atoms with E-state index in [2.05, 4.69) is 50.0 Å². The SMILES string of the molecule is O=C(O)c1ccc(Sc2ccc(CN3CCC(N4C(=O)N(C5CCOCC5)C[C@H]4c4ccccc4)CC3)cn2)cc1. The number of pyridine rings is 1. The predicted octanol–water partition coefficient (Wildman–Crippen LogP) is 5.55. The fourth-order valence-corrected chi connectivity index (χ4v) is 7.01. The van der Waals surface area contributed by atoms with Crippen LogP contribution in [0.15, 0.2) is 82.8 Å². The number of piperidine rings is 1. The van der Waals surface area contributed by atoms with Gasteiger partial charge in [0.1, 0.15) is 5.03 Å². The topological polar surface area (TPSA) is 86.2 Å². The van der Waals surface area contributed by atoms with Crippen molar-refractivity contribution in [1.82, 2.24) is 19.7 Å². The zero-order chi connectivity index (χ0) is 28.2. The third-order valence-corrected chi connectivity index (χ3v) is 9.42. The molecule has 3 fully saturated rings. The molecular formula is C32H36N4O4S. The van der Waals surface area contributed by atoms with E-state index in [9.17, 15) is 9.59 Å². The molecule has 41 heavy (non-hydrogen) atoms. The van der Waals surface area contributed by atoms with Gasteiger partial charge in [-0.1, -0.05) is 48.2 Å². The number of likely N-dealkylation sites (tertiary alicyclic amines) is 1. The highest BCUT2D eigenvalue weighted by atomic mass is 32.2. The molecule has 0 spiro atoms. The molecule has 4 heterocycles. The van der Waals surface area contributed by atoms with Crippen LogP contribution < -0.4 is 0 Å². The molecule has 2 amide bonds. The lowest BCUT2D eigenvalue weighted by Gasteiger charge is -2.39. The molecule has 8 nitrogen and oxygen atoms in total. The first kappa shape index (κ1) is 27.8. The summed E-state index contributed by atoms with van der Waals surface area (Å²) in [6.45, 7) is 4.95. The Morgan fingerprint density at radius 2 is 1.66 bits per heavy atom. The summed E-state index contributed by atoms with van der Waals surface area (Å²) >= 11 is 1.52. The third-order valence-electron chi connectivity index (χ3n) is 8.47. The van der Waals surface area contributed by atoms with Crippen molar-refractivity contribution < 1.29 is 19.4 Å². The molecule has 3 saturated heterocycles. The average molecular weight is 573 g/mol. The Morgan fingerprint density at radius 3 is 2.32 bits per heavy atom. The summed E-state index contributed by atoms with van der Waals surface area (Å²) in [6.07, 6.45) is 5.69. The zero-order valence-corrected chi connectivity index (χ0v) is 23.9. The minimum Gasteiger partial charge on any atom is -0.478 e. The van der Waals surface area contributed by atoms with Gasteiger partial charge >= 0.3 is 12.0 Å². The summed E-state index contributed by atoms with van der Waals surface area (Å²) in [7, 11) is 0. The molecule has 0 unspecified atom stereocenters. The van der Waals surface area contributed by atoms with E-state index < -0.39 is 5.97 Å². The van der Waals surface area contributed by atoms with Crippen LogP contribution in [0.2, 0.25) is 0 Å². The number of rotatable bonds is 8. The number of urea groups is 1. The summed E-state index contributed by atoms with van der Waals surface area (Å²) in [5.74, 6) is -0.923. The van der Waals surface area contributed by atoms with Gasteiger partial charge in [0.05, 0.1) is 11.6 Å². The number of nitrogens with zero attached hydrogens (tertiary/aromatic N) is 4. The van der Waals surface area contributed by atoms with Gasteiger partial charge in [0.15, 0.2) is 0 Å². The number of aromatic carboxylic acids is 1. The number of carbonyl (C=O) groups excluding carboxylic acids is 1. The van der Waals surface area contributed by atoms with E-state index in [0.29, 0.717) is 0 Å². The lowest BCUT2D eigenvalue weighted by molar-refractivity contribution is 0.0493. The van der Waals surface area contributed by atoms with Crippen LogP contribution >= 0.6 is 11.8 Å². The highest BCUT2D eigenvalue weighted by molar-refractivity contribution is 7.99. The Kier molecular flexibility index (Phi) is 8.55. The molecule has 1 N–H and O–H groups in total. The summed E-state index contributed by atoms with van der Waals surface area (Å²) in [5, 5.41) is 9.96. The van der Waals surface area contributed by atoms with E-state index >= 15 is 0 Å². The summed E-state index contributed by atoms with van der Waals surface area (Å²) in [5.41, 5.74) is 2.67. The van der Waals surface area contributed by atoms with Gasteiger partial charge in [-0.25, -0.2) is 14.6 Å². The summed E-state index contributed by atoms with van der Waals surface area (Å²) in [4.78, 5) is 37.3.